The van der Waals surface area contributed by atoms with Crippen molar-refractivity contribution in [3.05, 3.63) is 24.3 Å². The lowest BCUT2D eigenvalue weighted by molar-refractivity contribution is 0.252. The van der Waals surface area contributed by atoms with Gasteiger partial charge in [0.2, 0.25) is 0 Å². The van der Waals surface area contributed by atoms with Crippen LogP contribution in [0.25, 0.3) is 0 Å². The van der Waals surface area contributed by atoms with Crippen molar-refractivity contribution in [3.63, 3.8) is 0 Å². The van der Waals surface area contributed by atoms with Gasteiger partial charge in [-0.2, -0.15) is 0 Å². The summed E-state index contributed by atoms with van der Waals surface area (Å²) in [6.45, 7) is 3.77. The first-order valence-electron chi connectivity index (χ1n) is 7.68. The molecule has 0 bridgehead atoms. The van der Waals surface area contributed by atoms with Crippen molar-refractivity contribution >= 4 is 17.4 Å². The van der Waals surface area contributed by atoms with Crippen molar-refractivity contribution in [3.8, 4) is 0 Å². The number of hydrogen-bond acceptors (Lipinski definition) is 2. The fraction of sp³-hybridized carbons (Fsp3) is 0.562. The molecule has 2 N–H and O–H groups in total. The fourth-order valence-electron chi connectivity index (χ4n) is 3.27. The number of carbonyl (C=O) groups is 1. The minimum absolute atomic E-state index is 0.00675. The summed E-state index contributed by atoms with van der Waals surface area (Å²) in [4.78, 5) is 13.4. The number of amides is 2. The van der Waals surface area contributed by atoms with Crippen LogP contribution in [-0.4, -0.2) is 25.2 Å². The molecular formula is C16H23N3O. The summed E-state index contributed by atoms with van der Waals surface area (Å²) >= 11 is 0. The summed E-state index contributed by atoms with van der Waals surface area (Å²) in [6.07, 6.45) is 5.20. The molecule has 1 aromatic carbocycles. The molecule has 108 valence electrons. The SMILES string of the molecule is CCC1CCC(Nc2ccc(N3CCNC3=O)cc2)C1. The average molecular weight is 273 g/mol. The molecule has 2 amide bonds. The summed E-state index contributed by atoms with van der Waals surface area (Å²) in [5, 5.41) is 6.44. The number of benzene rings is 1. The maximum Gasteiger partial charge on any atom is 0.321 e. The molecule has 20 heavy (non-hydrogen) atoms. The summed E-state index contributed by atoms with van der Waals surface area (Å²) < 4.78 is 0. The van der Waals surface area contributed by atoms with Gasteiger partial charge in [-0.05, 0) is 49.4 Å². The van der Waals surface area contributed by atoms with Crippen LogP contribution in [0.1, 0.15) is 32.6 Å². The minimum Gasteiger partial charge on any atom is -0.382 e. The van der Waals surface area contributed by atoms with E-state index in [9.17, 15) is 4.79 Å². The van der Waals surface area contributed by atoms with Gasteiger partial charge in [-0.25, -0.2) is 4.79 Å². The van der Waals surface area contributed by atoms with E-state index in [0.29, 0.717) is 6.04 Å². The topological polar surface area (TPSA) is 44.4 Å². The molecule has 2 fully saturated rings. The summed E-state index contributed by atoms with van der Waals surface area (Å²) in [7, 11) is 0. The predicted octanol–water partition coefficient (Wildman–Crippen LogP) is 3.21. The number of hydrogen-bond donors (Lipinski definition) is 2. The number of urea groups is 1. The Labute approximate surface area is 120 Å². The van der Waals surface area contributed by atoms with Crippen LogP contribution in [0.2, 0.25) is 0 Å². The van der Waals surface area contributed by atoms with Gasteiger partial charge >= 0.3 is 6.03 Å². The van der Waals surface area contributed by atoms with Gasteiger partial charge < -0.3 is 10.6 Å². The Morgan fingerprint density at radius 1 is 1.30 bits per heavy atom. The molecule has 2 atom stereocenters. The zero-order valence-corrected chi connectivity index (χ0v) is 12.1. The first kappa shape index (κ1) is 13.3. The van der Waals surface area contributed by atoms with Crippen LogP contribution in [0.15, 0.2) is 24.3 Å². The Balaban J connectivity index is 1.60. The third-order valence-corrected chi connectivity index (χ3v) is 4.53. The molecule has 1 aliphatic heterocycles. The first-order valence-corrected chi connectivity index (χ1v) is 7.68. The normalized spacial score (nSPS) is 25.9. The second-order valence-electron chi connectivity index (χ2n) is 5.86. The molecule has 4 nitrogen and oxygen atoms in total. The highest BCUT2D eigenvalue weighted by molar-refractivity contribution is 5.94. The van der Waals surface area contributed by atoms with Gasteiger partial charge in [0.05, 0.1) is 0 Å². The number of anilines is 2. The molecule has 1 aromatic rings. The van der Waals surface area contributed by atoms with E-state index in [2.05, 4.69) is 29.7 Å². The Morgan fingerprint density at radius 3 is 2.70 bits per heavy atom. The smallest absolute Gasteiger partial charge is 0.321 e. The Kier molecular flexibility index (Phi) is 3.81. The standard InChI is InChI=1S/C16H23N3O/c1-2-12-3-4-14(11-12)18-13-5-7-15(8-6-13)19-10-9-17-16(19)20/h5-8,12,14,18H,2-4,9-11H2,1H3,(H,17,20). The van der Waals surface area contributed by atoms with Gasteiger partial charge in [0, 0.05) is 30.5 Å². The quantitative estimate of drug-likeness (QED) is 0.884. The maximum absolute atomic E-state index is 11.6. The number of nitrogens with one attached hydrogen (secondary N) is 2. The second-order valence-corrected chi connectivity index (χ2v) is 5.86. The van der Waals surface area contributed by atoms with E-state index in [1.54, 1.807) is 4.90 Å². The highest BCUT2D eigenvalue weighted by Gasteiger charge is 2.23. The van der Waals surface area contributed by atoms with Gasteiger partial charge in [-0.15, -0.1) is 0 Å². The van der Waals surface area contributed by atoms with Gasteiger partial charge in [0.15, 0.2) is 0 Å². The lowest BCUT2D eigenvalue weighted by atomic mass is 10.1. The number of nitrogens with zero attached hydrogens (tertiary/aromatic N) is 1. The van der Waals surface area contributed by atoms with E-state index in [1.807, 2.05) is 12.1 Å². The molecular weight excluding hydrogens is 250 g/mol. The third-order valence-electron chi connectivity index (χ3n) is 4.53. The van der Waals surface area contributed by atoms with Crippen molar-refractivity contribution < 1.29 is 4.79 Å². The Morgan fingerprint density at radius 2 is 2.10 bits per heavy atom. The largest absolute Gasteiger partial charge is 0.382 e. The molecule has 0 spiro atoms. The van der Waals surface area contributed by atoms with E-state index in [4.69, 9.17) is 0 Å². The molecule has 4 heteroatoms. The second kappa shape index (κ2) is 5.73. The van der Waals surface area contributed by atoms with Crippen LogP contribution >= 0.6 is 0 Å². The van der Waals surface area contributed by atoms with Crippen LogP contribution in [0.3, 0.4) is 0 Å². The summed E-state index contributed by atoms with van der Waals surface area (Å²) in [5.74, 6) is 0.889. The molecule has 3 rings (SSSR count). The lowest BCUT2D eigenvalue weighted by Crippen LogP contribution is -2.27. The zero-order chi connectivity index (χ0) is 13.9. The maximum atomic E-state index is 11.6. The van der Waals surface area contributed by atoms with Crippen LogP contribution in [0, 0.1) is 5.92 Å². The molecule has 1 heterocycles. The monoisotopic (exact) mass is 273 g/mol. The molecule has 2 aliphatic rings. The molecule has 0 radical (unpaired) electrons. The van der Waals surface area contributed by atoms with Crippen molar-refractivity contribution in [1.82, 2.24) is 5.32 Å². The highest BCUT2D eigenvalue weighted by Crippen LogP contribution is 2.30. The van der Waals surface area contributed by atoms with Crippen molar-refractivity contribution in [1.29, 1.82) is 0 Å². The summed E-state index contributed by atoms with van der Waals surface area (Å²) in [5.41, 5.74) is 2.14. The molecule has 1 saturated heterocycles. The first-order chi connectivity index (χ1) is 9.76. The van der Waals surface area contributed by atoms with Gasteiger partial charge in [0.1, 0.15) is 0 Å². The van der Waals surface area contributed by atoms with Crippen LogP contribution in [0.4, 0.5) is 16.2 Å². The van der Waals surface area contributed by atoms with Crippen LogP contribution < -0.4 is 15.5 Å². The minimum atomic E-state index is 0.00675. The predicted molar refractivity (Wildman–Crippen MR) is 82.2 cm³/mol. The third kappa shape index (κ3) is 2.74. The average Bonchev–Trinajstić information content (AvgIpc) is 3.09. The molecule has 2 unspecified atom stereocenters. The molecule has 1 aliphatic carbocycles. The van der Waals surface area contributed by atoms with E-state index >= 15 is 0 Å². The fourth-order valence-corrected chi connectivity index (χ4v) is 3.27. The van der Waals surface area contributed by atoms with Crippen molar-refractivity contribution in [2.45, 2.75) is 38.6 Å². The van der Waals surface area contributed by atoms with Gasteiger partial charge in [-0.3, -0.25) is 4.90 Å². The van der Waals surface area contributed by atoms with E-state index in [1.165, 1.54) is 25.7 Å². The zero-order valence-electron chi connectivity index (χ0n) is 12.1. The summed E-state index contributed by atoms with van der Waals surface area (Å²) in [6, 6.07) is 8.84. The van der Waals surface area contributed by atoms with Gasteiger partial charge in [-0.1, -0.05) is 13.3 Å². The number of carbonyl (C=O) groups excluding carboxylic acids is 1. The Hall–Kier alpha value is -1.71. The van der Waals surface area contributed by atoms with Crippen LogP contribution in [-0.2, 0) is 0 Å². The van der Waals surface area contributed by atoms with Crippen molar-refractivity contribution in [2.24, 2.45) is 5.92 Å². The van der Waals surface area contributed by atoms with Crippen LogP contribution in [0.5, 0.6) is 0 Å². The highest BCUT2D eigenvalue weighted by atomic mass is 16.2. The van der Waals surface area contributed by atoms with Gasteiger partial charge in [0.25, 0.3) is 0 Å². The molecule has 1 saturated carbocycles. The number of rotatable bonds is 4. The molecule has 0 aromatic heterocycles. The van der Waals surface area contributed by atoms with E-state index in [-0.39, 0.29) is 6.03 Å². The van der Waals surface area contributed by atoms with E-state index < -0.39 is 0 Å². The van der Waals surface area contributed by atoms with Crippen molar-refractivity contribution in [2.75, 3.05) is 23.3 Å². The Bertz CT molecular complexity index is 471. The lowest BCUT2D eigenvalue weighted by Gasteiger charge is -2.17. The van der Waals surface area contributed by atoms with E-state index in [0.717, 1.165) is 30.4 Å².